The lowest BCUT2D eigenvalue weighted by Crippen LogP contribution is -2.54. The molecule has 3 saturated heterocycles. The summed E-state index contributed by atoms with van der Waals surface area (Å²) in [5.41, 5.74) is 5.13. The van der Waals surface area contributed by atoms with Crippen LogP contribution in [0.1, 0.15) is 124 Å². The van der Waals surface area contributed by atoms with Crippen molar-refractivity contribution in [2.45, 2.75) is 104 Å². The highest BCUT2D eigenvalue weighted by atomic mass is 32.1. The maximum absolute atomic E-state index is 15.6. The quantitative estimate of drug-likeness (QED) is 0.0775. The van der Waals surface area contributed by atoms with Crippen molar-refractivity contribution in [1.29, 1.82) is 0 Å². The van der Waals surface area contributed by atoms with Crippen LogP contribution in [-0.2, 0) is 32.1 Å². The second kappa shape index (κ2) is 23.0. The van der Waals surface area contributed by atoms with E-state index in [-0.39, 0.29) is 59.8 Å². The number of imide groups is 2. The lowest BCUT2D eigenvalue weighted by Gasteiger charge is -2.38. The molecule has 0 bridgehead atoms. The molecule has 426 valence electrons. The van der Waals surface area contributed by atoms with Crippen LogP contribution in [0.4, 0.5) is 21.0 Å². The molecule has 11 rings (SSSR count). The number of thiazole rings is 1. The summed E-state index contributed by atoms with van der Waals surface area (Å²) in [5.74, 6) is -2.34. The molecule has 5 aliphatic rings. The summed E-state index contributed by atoms with van der Waals surface area (Å²) in [6.45, 7) is 13.9. The first-order valence-electron chi connectivity index (χ1n) is 28.2. The molecule has 0 saturated carbocycles. The molecule has 82 heavy (non-hydrogen) atoms. The summed E-state index contributed by atoms with van der Waals surface area (Å²) >= 11 is 1.43. The fraction of sp³-hybridized carbons (Fsp3) is 0.403. The monoisotopic (exact) mass is 1130 g/mol. The molecule has 6 aromatic rings. The van der Waals surface area contributed by atoms with Gasteiger partial charge in [-0.2, -0.15) is 0 Å². The lowest BCUT2D eigenvalue weighted by molar-refractivity contribution is -0.136. The van der Waals surface area contributed by atoms with Gasteiger partial charge in [-0.1, -0.05) is 47.7 Å². The number of piperazine rings is 1. The Balaban J connectivity index is 0.674. The summed E-state index contributed by atoms with van der Waals surface area (Å²) in [6.07, 6.45) is 4.26. The Morgan fingerprint density at radius 3 is 2.29 bits per heavy atom. The number of amides is 6. The molecule has 6 amide bonds. The maximum Gasteiger partial charge on any atom is 0.358 e. The minimum atomic E-state index is -1.15. The van der Waals surface area contributed by atoms with Crippen molar-refractivity contribution < 1.29 is 47.4 Å². The Morgan fingerprint density at radius 2 is 1.55 bits per heavy atom. The van der Waals surface area contributed by atoms with Crippen molar-refractivity contribution in [1.82, 2.24) is 30.0 Å². The second-order valence-electron chi connectivity index (χ2n) is 22.9. The standard InChI is InChI=1S/C62H66FN9O9S/c1-36(16-17-38-22-25-68(26-23-38)35-54(74)70-30-28-69(29-31-70)49-33-44-43(32-46(49)63)58(77)72(59(44)78)48-19-21-53(73)66-57(48)76)80-50-14-9-11-40(37(50)2)41-18-20-52(65-55(41)60(79)81-62(3,4)5)71-27-24-39-10-8-12-42(45(39)34-71)56(75)67-61-64-47-13-6-7-15-51(47)82-61/h6-15,18,20,32-33,36,38,48H,16-17,19,21-31,34-35H2,1-5H3,(H,64,67,75)(H,66,73,76)/t36-,48?/m0/s1. The van der Waals surface area contributed by atoms with Gasteiger partial charge in [-0.25, -0.2) is 19.2 Å². The summed E-state index contributed by atoms with van der Waals surface area (Å²) in [4.78, 5) is 111. The number of piperidine rings is 2. The maximum atomic E-state index is 15.6. The van der Waals surface area contributed by atoms with Crippen LogP contribution >= 0.6 is 11.3 Å². The number of pyridine rings is 1. The SMILES string of the molecule is Cc1c(O[C@@H](C)CCC2CCN(CC(=O)N3CCN(c4cc5c(cc4F)C(=O)N(C4CCC(=O)NC4=O)C5=O)CC3)CC2)cccc1-c1ccc(N2CCc3cccc(C(=O)Nc4nc5ccccc5s4)c3C2)nc1C(=O)OC(C)(C)C. The van der Waals surface area contributed by atoms with E-state index in [1.165, 1.54) is 17.4 Å². The Kier molecular flexibility index (Phi) is 15.7. The van der Waals surface area contributed by atoms with E-state index in [0.29, 0.717) is 79.4 Å². The number of benzene rings is 4. The number of anilines is 3. The number of esters is 1. The van der Waals surface area contributed by atoms with E-state index in [1.807, 2.05) is 94.4 Å². The number of para-hydroxylation sites is 1. The van der Waals surface area contributed by atoms with Gasteiger partial charge in [0.15, 0.2) is 10.8 Å². The molecule has 2 aromatic heterocycles. The minimum Gasteiger partial charge on any atom is -0.490 e. The molecule has 2 atom stereocenters. The van der Waals surface area contributed by atoms with Gasteiger partial charge >= 0.3 is 5.97 Å². The fourth-order valence-corrected chi connectivity index (χ4v) is 12.7. The van der Waals surface area contributed by atoms with Gasteiger partial charge in [0.25, 0.3) is 17.7 Å². The van der Waals surface area contributed by atoms with Crippen molar-refractivity contribution in [2.75, 3.05) is 67.5 Å². The van der Waals surface area contributed by atoms with Gasteiger partial charge in [-0.3, -0.25) is 49.2 Å². The molecule has 0 aliphatic carbocycles. The Hall–Kier alpha value is -8.10. The van der Waals surface area contributed by atoms with Crippen LogP contribution in [0, 0.1) is 18.7 Å². The third kappa shape index (κ3) is 11.7. The van der Waals surface area contributed by atoms with Crippen LogP contribution in [-0.4, -0.2) is 136 Å². The molecule has 20 heteroatoms. The van der Waals surface area contributed by atoms with Gasteiger partial charge < -0.3 is 24.2 Å². The van der Waals surface area contributed by atoms with Crippen molar-refractivity contribution in [3.05, 3.63) is 130 Å². The van der Waals surface area contributed by atoms with Crippen LogP contribution in [0.25, 0.3) is 21.3 Å². The van der Waals surface area contributed by atoms with E-state index in [1.54, 1.807) is 9.80 Å². The number of fused-ring (bicyclic) bond motifs is 3. The lowest BCUT2D eigenvalue weighted by atomic mass is 9.91. The number of carbonyl (C=O) groups is 7. The van der Waals surface area contributed by atoms with E-state index >= 15 is 4.39 Å². The molecule has 5 aliphatic heterocycles. The summed E-state index contributed by atoms with van der Waals surface area (Å²) in [5, 5.41) is 5.73. The number of hydrogen-bond donors (Lipinski definition) is 2. The predicted octanol–water partition coefficient (Wildman–Crippen LogP) is 8.59. The molecule has 18 nitrogen and oxygen atoms in total. The van der Waals surface area contributed by atoms with Crippen LogP contribution in [0.3, 0.4) is 0 Å². The van der Waals surface area contributed by atoms with Gasteiger partial charge in [-0.05, 0) is 163 Å². The first kappa shape index (κ1) is 55.8. The minimum absolute atomic E-state index is 0.00429. The molecule has 2 N–H and O–H groups in total. The zero-order chi connectivity index (χ0) is 57.6. The van der Waals surface area contributed by atoms with Crippen molar-refractivity contribution in [3.8, 4) is 16.9 Å². The van der Waals surface area contributed by atoms with Crippen molar-refractivity contribution >= 4 is 79.6 Å². The first-order chi connectivity index (χ1) is 39.3. The third-order valence-electron chi connectivity index (χ3n) is 16.3. The van der Waals surface area contributed by atoms with Crippen LogP contribution in [0.2, 0.25) is 0 Å². The van der Waals surface area contributed by atoms with Gasteiger partial charge in [-0.15, -0.1) is 0 Å². The van der Waals surface area contributed by atoms with E-state index < -0.39 is 47.1 Å². The van der Waals surface area contributed by atoms with Crippen LogP contribution in [0.5, 0.6) is 5.75 Å². The topological polar surface area (TPSA) is 204 Å². The number of ether oxygens (including phenoxy) is 2. The zero-order valence-corrected chi connectivity index (χ0v) is 47.5. The first-order valence-corrected chi connectivity index (χ1v) is 29.0. The van der Waals surface area contributed by atoms with Crippen LogP contribution < -0.4 is 25.2 Å². The van der Waals surface area contributed by atoms with Crippen LogP contribution in [0.15, 0.2) is 84.9 Å². The number of nitrogens with one attached hydrogen (secondary N) is 2. The largest absolute Gasteiger partial charge is 0.490 e. The van der Waals surface area contributed by atoms with Gasteiger partial charge in [0, 0.05) is 56.8 Å². The number of carbonyl (C=O) groups excluding carboxylic acids is 7. The zero-order valence-electron chi connectivity index (χ0n) is 46.7. The highest BCUT2D eigenvalue weighted by Gasteiger charge is 2.45. The Bertz CT molecular complexity index is 3510. The van der Waals surface area contributed by atoms with E-state index in [0.717, 1.165) is 82.2 Å². The molecule has 3 fully saturated rings. The predicted molar refractivity (Wildman–Crippen MR) is 309 cm³/mol. The average Bonchev–Trinajstić information content (AvgIpc) is 4.06. The van der Waals surface area contributed by atoms with Crippen molar-refractivity contribution in [2.24, 2.45) is 5.92 Å². The fourth-order valence-electron chi connectivity index (χ4n) is 11.8. The second-order valence-corrected chi connectivity index (χ2v) is 24.0. The highest BCUT2D eigenvalue weighted by Crippen LogP contribution is 2.38. The molecule has 1 unspecified atom stereocenters. The molecular formula is C62H66FN9O9S. The summed E-state index contributed by atoms with van der Waals surface area (Å²) < 4.78 is 29.2. The highest BCUT2D eigenvalue weighted by molar-refractivity contribution is 7.22. The Labute approximate surface area is 478 Å². The Morgan fingerprint density at radius 1 is 0.805 bits per heavy atom. The van der Waals surface area contributed by atoms with E-state index in [2.05, 4.69) is 38.4 Å². The smallest absolute Gasteiger partial charge is 0.358 e. The number of nitrogens with zero attached hydrogens (tertiary/aromatic N) is 7. The molecule has 0 radical (unpaired) electrons. The number of halogens is 1. The molecular weight excluding hydrogens is 1070 g/mol. The molecule has 0 spiro atoms. The van der Waals surface area contributed by atoms with Crippen molar-refractivity contribution in [3.63, 3.8) is 0 Å². The average molecular weight is 1130 g/mol. The number of hydrogen-bond acceptors (Lipinski definition) is 15. The van der Waals surface area contributed by atoms with Gasteiger partial charge in [0.05, 0.1) is 39.7 Å². The molecule has 4 aromatic carbocycles. The molecule has 7 heterocycles. The van der Waals surface area contributed by atoms with Gasteiger partial charge in [0.1, 0.15) is 29.0 Å². The van der Waals surface area contributed by atoms with Gasteiger partial charge in [0.2, 0.25) is 17.7 Å². The summed E-state index contributed by atoms with van der Waals surface area (Å²) in [6, 6.07) is 24.5. The van der Waals surface area contributed by atoms with E-state index in [4.69, 9.17) is 14.5 Å². The summed E-state index contributed by atoms with van der Waals surface area (Å²) in [7, 11) is 0. The third-order valence-corrected chi connectivity index (χ3v) is 17.2. The number of aromatic nitrogens is 2. The van der Waals surface area contributed by atoms with E-state index in [9.17, 15) is 33.6 Å². The normalized spacial score (nSPS) is 18.3. The number of rotatable bonds is 14. The number of likely N-dealkylation sites (tertiary alicyclic amines) is 1.